The molecule has 1 aliphatic carbocycles. The largest absolute Gasteiger partial charge is 0.503 e. The number of hydrogen-bond donors (Lipinski definition) is 1. The smallest absolute Gasteiger partial charge is 0.187 e. The molecule has 0 spiro atoms. The van der Waals surface area contributed by atoms with Crippen molar-refractivity contribution in [2.75, 3.05) is 7.11 Å². The van der Waals surface area contributed by atoms with Gasteiger partial charge in [-0.05, 0) is 43.4 Å². The van der Waals surface area contributed by atoms with Crippen LogP contribution in [0.1, 0.15) is 37.9 Å². The Hall–Kier alpha value is -2.01. The second-order valence-corrected chi connectivity index (χ2v) is 6.58. The lowest BCUT2D eigenvalue weighted by Gasteiger charge is -2.41. The number of benzene rings is 1. The third-order valence-corrected chi connectivity index (χ3v) is 5.00. The molecular formula is C19H21F2NO2. The third-order valence-electron chi connectivity index (χ3n) is 5.00. The maximum Gasteiger partial charge on any atom is 0.187 e. The van der Waals surface area contributed by atoms with Crippen LogP contribution in [0.15, 0.2) is 24.3 Å². The minimum atomic E-state index is -0.988. The van der Waals surface area contributed by atoms with E-state index in [0.717, 1.165) is 42.7 Å². The van der Waals surface area contributed by atoms with Crippen LogP contribution in [0.5, 0.6) is 5.75 Å². The molecule has 1 atom stereocenters. The number of rotatable bonds is 3. The molecule has 3 nitrogen and oxygen atoms in total. The number of aromatic nitrogens is 1. The van der Waals surface area contributed by atoms with Gasteiger partial charge in [-0.2, -0.15) is 0 Å². The van der Waals surface area contributed by atoms with Crippen molar-refractivity contribution in [3.63, 3.8) is 0 Å². The van der Waals surface area contributed by atoms with E-state index in [1.54, 1.807) is 13.2 Å². The molecule has 1 aromatic heterocycles. The number of ether oxygens (including phenoxy) is 1. The lowest BCUT2D eigenvalue weighted by Crippen LogP contribution is -2.38. The first-order valence-corrected chi connectivity index (χ1v) is 8.13. The van der Waals surface area contributed by atoms with Crippen LogP contribution in [0.25, 0.3) is 11.3 Å². The molecule has 1 unspecified atom stereocenters. The Labute approximate surface area is 140 Å². The SMILES string of the molecule is COC1(C(C)C)CCCc2nc(-c3cc(F)c(O)c(F)c3)ccc21. The molecule has 0 radical (unpaired) electrons. The van der Waals surface area contributed by atoms with E-state index in [1.165, 1.54) is 0 Å². The van der Waals surface area contributed by atoms with E-state index in [9.17, 15) is 13.9 Å². The number of halogens is 2. The average Bonchev–Trinajstić information content (AvgIpc) is 2.57. The number of methoxy groups -OCH3 is 1. The summed E-state index contributed by atoms with van der Waals surface area (Å²) >= 11 is 0. The van der Waals surface area contributed by atoms with Crippen molar-refractivity contribution < 1.29 is 18.6 Å². The highest BCUT2D eigenvalue weighted by atomic mass is 19.1. The molecule has 2 aromatic rings. The molecule has 0 saturated heterocycles. The topological polar surface area (TPSA) is 42.4 Å². The number of aryl methyl sites for hydroxylation is 1. The van der Waals surface area contributed by atoms with E-state index in [2.05, 4.69) is 18.8 Å². The van der Waals surface area contributed by atoms with Crippen molar-refractivity contribution in [2.45, 2.75) is 38.7 Å². The first kappa shape index (κ1) is 16.8. The van der Waals surface area contributed by atoms with Crippen LogP contribution in [0, 0.1) is 17.6 Å². The fraction of sp³-hybridized carbons (Fsp3) is 0.421. The molecule has 1 heterocycles. The molecule has 0 saturated carbocycles. The van der Waals surface area contributed by atoms with Crippen LogP contribution >= 0.6 is 0 Å². The summed E-state index contributed by atoms with van der Waals surface area (Å²) in [6, 6.07) is 5.90. The van der Waals surface area contributed by atoms with E-state index in [1.807, 2.05) is 6.07 Å². The zero-order valence-electron chi connectivity index (χ0n) is 14.1. The molecule has 1 aliphatic rings. The standard InChI is InChI=1S/C19H21F2NO2/c1-11(2)19(24-3)8-4-5-17-13(19)6-7-16(22-17)12-9-14(20)18(23)15(21)10-12/h6-7,9-11,23H,4-5,8H2,1-3H3. The Balaban J connectivity index is 2.10. The fourth-order valence-corrected chi connectivity index (χ4v) is 3.65. The van der Waals surface area contributed by atoms with Gasteiger partial charge in [0.25, 0.3) is 0 Å². The summed E-state index contributed by atoms with van der Waals surface area (Å²) in [6.07, 6.45) is 2.69. The molecule has 0 aliphatic heterocycles. The zero-order valence-corrected chi connectivity index (χ0v) is 14.1. The van der Waals surface area contributed by atoms with E-state index in [-0.39, 0.29) is 11.5 Å². The molecule has 0 fully saturated rings. The van der Waals surface area contributed by atoms with Gasteiger partial charge in [0.05, 0.1) is 11.3 Å². The zero-order chi connectivity index (χ0) is 17.5. The van der Waals surface area contributed by atoms with Crippen molar-refractivity contribution in [1.29, 1.82) is 0 Å². The van der Waals surface area contributed by atoms with Gasteiger partial charge < -0.3 is 9.84 Å². The number of pyridine rings is 1. The van der Waals surface area contributed by atoms with Crippen molar-refractivity contribution in [1.82, 2.24) is 4.98 Å². The minimum absolute atomic E-state index is 0.290. The van der Waals surface area contributed by atoms with Crippen LogP contribution in [0.4, 0.5) is 8.78 Å². The Morgan fingerprint density at radius 2 is 1.88 bits per heavy atom. The van der Waals surface area contributed by atoms with Gasteiger partial charge in [-0.1, -0.05) is 19.9 Å². The van der Waals surface area contributed by atoms with Gasteiger partial charge in [-0.25, -0.2) is 8.78 Å². The minimum Gasteiger partial charge on any atom is -0.503 e. The molecule has 0 amide bonds. The van der Waals surface area contributed by atoms with Gasteiger partial charge in [0.1, 0.15) is 0 Å². The van der Waals surface area contributed by atoms with E-state index in [4.69, 9.17) is 4.74 Å². The highest BCUT2D eigenvalue weighted by molar-refractivity contribution is 5.61. The summed E-state index contributed by atoms with van der Waals surface area (Å²) in [5.41, 5.74) is 2.38. The Morgan fingerprint density at radius 3 is 2.46 bits per heavy atom. The van der Waals surface area contributed by atoms with E-state index in [0.29, 0.717) is 11.3 Å². The maximum absolute atomic E-state index is 13.6. The molecule has 24 heavy (non-hydrogen) atoms. The van der Waals surface area contributed by atoms with Crippen LogP contribution in [-0.2, 0) is 16.8 Å². The van der Waals surface area contributed by atoms with Gasteiger partial charge in [0.2, 0.25) is 0 Å². The van der Waals surface area contributed by atoms with Gasteiger partial charge in [0.15, 0.2) is 17.4 Å². The number of fused-ring (bicyclic) bond motifs is 1. The van der Waals surface area contributed by atoms with Crippen molar-refractivity contribution >= 4 is 0 Å². The number of hydrogen-bond acceptors (Lipinski definition) is 3. The summed E-state index contributed by atoms with van der Waals surface area (Å²) < 4.78 is 33.1. The van der Waals surface area contributed by atoms with E-state index >= 15 is 0 Å². The highest BCUT2D eigenvalue weighted by Gasteiger charge is 2.40. The number of phenolic OH excluding ortho intramolecular Hbond substituents is 1. The van der Waals surface area contributed by atoms with Crippen LogP contribution in [-0.4, -0.2) is 17.2 Å². The summed E-state index contributed by atoms with van der Waals surface area (Å²) in [7, 11) is 1.72. The molecular weight excluding hydrogens is 312 g/mol. The predicted molar refractivity (Wildman–Crippen MR) is 87.7 cm³/mol. The highest BCUT2D eigenvalue weighted by Crippen LogP contribution is 2.43. The molecule has 0 bridgehead atoms. The second-order valence-electron chi connectivity index (χ2n) is 6.58. The lowest BCUT2D eigenvalue weighted by molar-refractivity contribution is -0.0671. The lowest BCUT2D eigenvalue weighted by atomic mass is 9.74. The maximum atomic E-state index is 13.6. The first-order chi connectivity index (χ1) is 11.4. The Kier molecular flexibility index (Phi) is 4.30. The Morgan fingerprint density at radius 1 is 1.21 bits per heavy atom. The van der Waals surface area contributed by atoms with Crippen LogP contribution in [0.2, 0.25) is 0 Å². The average molecular weight is 333 g/mol. The van der Waals surface area contributed by atoms with E-state index < -0.39 is 17.4 Å². The van der Waals surface area contributed by atoms with Gasteiger partial charge in [-0.15, -0.1) is 0 Å². The van der Waals surface area contributed by atoms with Gasteiger partial charge >= 0.3 is 0 Å². The second kappa shape index (κ2) is 6.13. The fourth-order valence-electron chi connectivity index (χ4n) is 3.65. The van der Waals surface area contributed by atoms with Gasteiger partial charge in [0, 0.05) is 23.9 Å². The molecule has 3 rings (SSSR count). The molecule has 128 valence electrons. The molecule has 5 heteroatoms. The van der Waals surface area contributed by atoms with Crippen molar-refractivity contribution in [2.24, 2.45) is 5.92 Å². The molecule has 1 N–H and O–H groups in total. The predicted octanol–water partition coefficient (Wildman–Crippen LogP) is 4.57. The summed E-state index contributed by atoms with van der Waals surface area (Å²) in [4.78, 5) is 4.63. The summed E-state index contributed by atoms with van der Waals surface area (Å²) in [5, 5.41) is 9.24. The Bertz CT molecular complexity index is 753. The van der Waals surface area contributed by atoms with Crippen LogP contribution in [0.3, 0.4) is 0 Å². The normalized spacial score (nSPS) is 20.2. The quantitative estimate of drug-likeness (QED) is 0.895. The molecule has 1 aromatic carbocycles. The summed E-state index contributed by atoms with van der Waals surface area (Å²) in [5.74, 6) is -2.65. The first-order valence-electron chi connectivity index (χ1n) is 8.13. The number of nitrogens with zero attached hydrogens (tertiary/aromatic N) is 1. The number of phenols is 1. The van der Waals surface area contributed by atoms with Gasteiger partial charge in [-0.3, -0.25) is 4.98 Å². The summed E-state index contributed by atoms with van der Waals surface area (Å²) in [6.45, 7) is 4.24. The third kappa shape index (κ3) is 2.57. The monoisotopic (exact) mass is 333 g/mol. The van der Waals surface area contributed by atoms with Crippen molar-refractivity contribution in [3.8, 4) is 17.0 Å². The van der Waals surface area contributed by atoms with Crippen LogP contribution < -0.4 is 0 Å². The number of aromatic hydroxyl groups is 1. The van der Waals surface area contributed by atoms with Crippen molar-refractivity contribution in [3.05, 3.63) is 47.2 Å².